The number of amidine groups is 1. The zero-order valence-electron chi connectivity index (χ0n) is 14.8. The molecule has 0 atom stereocenters. The topological polar surface area (TPSA) is 48.8 Å². The number of hydrogen-bond acceptors (Lipinski definition) is 5. The van der Waals surface area contributed by atoms with E-state index in [0.717, 1.165) is 11.3 Å². The van der Waals surface area contributed by atoms with Gasteiger partial charge in [0.25, 0.3) is 5.91 Å². The summed E-state index contributed by atoms with van der Waals surface area (Å²) in [6.07, 6.45) is 6.97. The van der Waals surface area contributed by atoms with Gasteiger partial charge in [0.15, 0.2) is 5.17 Å². The molecule has 1 aromatic heterocycles. The molecule has 0 saturated carbocycles. The number of amides is 1. The molecule has 6 heteroatoms. The summed E-state index contributed by atoms with van der Waals surface area (Å²) in [5.74, 6) is -0.0609. The Kier molecular flexibility index (Phi) is 5.53. The average Bonchev–Trinajstić information content (AvgIpc) is 2.92. The van der Waals surface area contributed by atoms with Crippen molar-refractivity contribution in [3.8, 4) is 0 Å². The van der Waals surface area contributed by atoms with Crippen LogP contribution in [0.5, 0.6) is 0 Å². The first-order valence-electron chi connectivity index (χ1n) is 8.17. The van der Waals surface area contributed by atoms with E-state index in [1.54, 1.807) is 23.4 Å². The molecule has 0 N–H and O–H groups in total. The van der Waals surface area contributed by atoms with Crippen molar-refractivity contribution >= 4 is 40.3 Å². The molecule has 0 spiro atoms. The highest BCUT2D eigenvalue weighted by molar-refractivity contribution is 8.18. The SMILES string of the molecule is C=CCN1C(=O)/C(=C/c2ccc(N(C)C)cc2)SC1=Nc1cccnc1. The van der Waals surface area contributed by atoms with E-state index in [1.165, 1.54) is 11.8 Å². The van der Waals surface area contributed by atoms with Crippen molar-refractivity contribution in [2.75, 3.05) is 25.5 Å². The number of aliphatic imine (C=N–C) groups is 1. The Morgan fingerprint density at radius 3 is 2.65 bits per heavy atom. The number of anilines is 1. The summed E-state index contributed by atoms with van der Waals surface area (Å²) in [7, 11) is 4.00. The van der Waals surface area contributed by atoms with Gasteiger partial charge in [0, 0.05) is 32.5 Å². The number of hydrogen-bond donors (Lipinski definition) is 0. The van der Waals surface area contributed by atoms with Crippen LogP contribution >= 0.6 is 11.8 Å². The number of rotatable bonds is 5. The van der Waals surface area contributed by atoms with Crippen LogP contribution in [0.15, 0.2) is 71.3 Å². The molecule has 1 aliphatic heterocycles. The third-order valence-electron chi connectivity index (χ3n) is 3.78. The molecule has 2 aromatic rings. The molecule has 0 unspecified atom stereocenters. The third kappa shape index (κ3) is 4.03. The van der Waals surface area contributed by atoms with Crippen LogP contribution in [0.4, 0.5) is 11.4 Å². The fourth-order valence-electron chi connectivity index (χ4n) is 2.43. The summed E-state index contributed by atoms with van der Waals surface area (Å²) in [6, 6.07) is 11.8. The van der Waals surface area contributed by atoms with Crippen molar-refractivity contribution in [1.29, 1.82) is 0 Å². The van der Waals surface area contributed by atoms with Gasteiger partial charge >= 0.3 is 0 Å². The summed E-state index contributed by atoms with van der Waals surface area (Å²) < 4.78 is 0. The maximum Gasteiger partial charge on any atom is 0.267 e. The van der Waals surface area contributed by atoms with E-state index in [2.05, 4.69) is 16.6 Å². The molecule has 0 aliphatic carbocycles. The molecular weight excluding hydrogens is 344 g/mol. The van der Waals surface area contributed by atoms with Crippen molar-refractivity contribution in [2.45, 2.75) is 0 Å². The molecule has 3 rings (SSSR count). The van der Waals surface area contributed by atoms with Gasteiger partial charge in [-0.25, -0.2) is 4.99 Å². The molecule has 1 aliphatic rings. The Bertz CT molecular complexity index is 857. The molecule has 0 bridgehead atoms. The van der Waals surface area contributed by atoms with Gasteiger partial charge in [-0.1, -0.05) is 18.2 Å². The van der Waals surface area contributed by atoms with Gasteiger partial charge in [-0.05, 0) is 47.7 Å². The highest BCUT2D eigenvalue weighted by Crippen LogP contribution is 2.34. The van der Waals surface area contributed by atoms with Crippen LogP contribution in [-0.2, 0) is 4.79 Å². The number of aromatic nitrogens is 1. The van der Waals surface area contributed by atoms with Crippen LogP contribution in [0.3, 0.4) is 0 Å². The molecule has 1 fully saturated rings. The Balaban J connectivity index is 1.90. The zero-order chi connectivity index (χ0) is 18.5. The van der Waals surface area contributed by atoms with E-state index in [4.69, 9.17) is 0 Å². The molecule has 1 amide bonds. The molecule has 26 heavy (non-hydrogen) atoms. The molecule has 2 heterocycles. The van der Waals surface area contributed by atoms with Crippen molar-refractivity contribution in [3.05, 3.63) is 71.9 Å². The average molecular weight is 364 g/mol. The molecular formula is C20H20N4OS. The van der Waals surface area contributed by atoms with Gasteiger partial charge in [0.05, 0.1) is 16.8 Å². The van der Waals surface area contributed by atoms with Crippen LogP contribution in [0.25, 0.3) is 6.08 Å². The monoisotopic (exact) mass is 364 g/mol. The molecule has 1 aromatic carbocycles. The minimum Gasteiger partial charge on any atom is -0.378 e. The summed E-state index contributed by atoms with van der Waals surface area (Å²) in [5.41, 5.74) is 2.81. The Morgan fingerprint density at radius 2 is 2.04 bits per heavy atom. The number of carbonyl (C=O) groups excluding carboxylic acids is 1. The van der Waals surface area contributed by atoms with Gasteiger partial charge < -0.3 is 4.90 Å². The van der Waals surface area contributed by atoms with Gasteiger partial charge in [-0.3, -0.25) is 14.7 Å². The smallest absolute Gasteiger partial charge is 0.267 e. The quantitative estimate of drug-likeness (QED) is 0.596. The minimum absolute atomic E-state index is 0.0609. The van der Waals surface area contributed by atoms with E-state index in [0.29, 0.717) is 22.3 Å². The number of carbonyl (C=O) groups is 1. The number of pyridine rings is 1. The summed E-state index contributed by atoms with van der Waals surface area (Å²) >= 11 is 1.37. The van der Waals surface area contributed by atoms with Gasteiger partial charge in [0.2, 0.25) is 0 Å². The number of thioether (sulfide) groups is 1. The predicted octanol–water partition coefficient (Wildman–Crippen LogP) is 3.94. The number of benzene rings is 1. The van der Waals surface area contributed by atoms with Crippen LogP contribution in [0.1, 0.15) is 5.56 Å². The largest absolute Gasteiger partial charge is 0.378 e. The maximum atomic E-state index is 12.8. The molecule has 0 radical (unpaired) electrons. The fraction of sp³-hybridized carbons (Fsp3) is 0.150. The standard InChI is InChI=1S/C20H20N4OS/c1-4-12-24-19(25)18(13-15-7-9-17(10-8-15)23(2)3)26-20(24)22-16-6-5-11-21-14-16/h4-11,13-14H,1,12H2,2-3H3/b18-13-,22-20?. The summed E-state index contributed by atoms with van der Waals surface area (Å²) in [6.45, 7) is 4.16. The zero-order valence-corrected chi connectivity index (χ0v) is 15.6. The fourth-order valence-corrected chi connectivity index (χ4v) is 3.44. The highest BCUT2D eigenvalue weighted by Gasteiger charge is 2.32. The highest BCUT2D eigenvalue weighted by atomic mass is 32.2. The van der Waals surface area contributed by atoms with Crippen molar-refractivity contribution in [2.24, 2.45) is 4.99 Å². The first-order valence-corrected chi connectivity index (χ1v) is 8.98. The van der Waals surface area contributed by atoms with Crippen LogP contribution in [0.2, 0.25) is 0 Å². The molecule has 132 valence electrons. The lowest BCUT2D eigenvalue weighted by Crippen LogP contribution is -2.29. The van der Waals surface area contributed by atoms with E-state index in [-0.39, 0.29) is 5.91 Å². The van der Waals surface area contributed by atoms with Crippen LogP contribution in [0, 0.1) is 0 Å². The molecule has 1 saturated heterocycles. The van der Waals surface area contributed by atoms with E-state index in [1.807, 2.05) is 61.5 Å². The van der Waals surface area contributed by atoms with E-state index < -0.39 is 0 Å². The Morgan fingerprint density at radius 1 is 1.27 bits per heavy atom. The lowest BCUT2D eigenvalue weighted by atomic mass is 10.2. The van der Waals surface area contributed by atoms with Gasteiger partial charge in [-0.2, -0.15) is 0 Å². The second kappa shape index (κ2) is 8.01. The Hall–Kier alpha value is -2.86. The minimum atomic E-state index is -0.0609. The third-order valence-corrected chi connectivity index (χ3v) is 4.78. The van der Waals surface area contributed by atoms with Crippen LogP contribution < -0.4 is 4.90 Å². The predicted molar refractivity (Wildman–Crippen MR) is 110 cm³/mol. The van der Waals surface area contributed by atoms with Crippen molar-refractivity contribution in [3.63, 3.8) is 0 Å². The second-order valence-corrected chi connectivity index (χ2v) is 6.92. The van der Waals surface area contributed by atoms with Crippen molar-refractivity contribution in [1.82, 2.24) is 9.88 Å². The first-order chi connectivity index (χ1) is 12.6. The first kappa shape index (κ1) is 17.9. The molecule has 5 nitrogen and oxygen atoms in total. The normalized spacial score (nSPS) is 17.2. The van der Waals surface area contributed by atoms with Crippen molar-refractivity contribution < 1.29 is 4.79 Å². The lowest BCUT2D eigenvalue weighted by Gasteiger charge is -2.12. The lowest BCUT2D eigenvalue weighted by molar-refractivity contribution is -0.121. The summed E-state index contributed by atoms with van der Waals surface area (Å²) in [4.78, 5) is 25.7. The Labute approximate surface area is 157 Å². The van der Waals surface area contributed by atoms with Gasteiger partial charge in [-0.15, -0.1) is 6.58 Å². The van der Waals surface area contributed by atoms with E-state index >= 15 is 0 Å². The summed E-state index contributed by atoms with van der Waals surface area (Å²) in [5, 5.41) is 0.638. The van der Waals surface area contributed by atoms with Gasteiger partial charge in [0.1, 0.15) is 0 Å². The maximum absolute atomic E-state index is 12.8. The number of nitrogens with zero attached hydrogens (tertiary/aromatic N) is 4. The second-order valence-electron chi connectivity index (χ2n) is 5.91. The van der Waals surface area contributed by atoms with Crippen LogP contribution in [-0.4, -0.2) is 41.6 Å². The van der Waals surface area contributed by atoms with E-state index in [9.17, 15) is 4.79 Å².